The lowest BCUT2D eigenvalue weighted by Gasteiger charge is -2.25. The summed E-state index contributed by atoms with van der Waals surface area (Å²) in [5, 5.41) is 0. The molecule has 38 heavy (non-hydrogen) atoms. The molecule has 2 aromatic carbocycles. The third-order valence-corrected chi connectivity index (χ3v) is 7.72. The van der Waals surface area contributed by atoms with Crippen molar-refractivity contribution in [3.05, 3.63) is 59.7 Å². The van der Waals surface area contributed by atoms with Crippen LogP contribution in [-0.2, 0) is 20.0 Å². The third-order valence-electron chi connectivity index (χ3n) is 5.52. The van der Waals surface area contributed by atoms with E-state index >= 15 is 0 Å². The van der Waals surface area contributed by atoms with Gasteiger partial charge in [0.15, 0.2) is 0 Å². The molecule has 2 unspecified atom stereocenters. The van der Waals surface area contributed by atoms with Crippen LogP contribution in [0.25, 0.3) is 0 Å². The number of anilines is 2. The number of benzene rings is 2. The van der Waals surface area contributed by atoms with Gasteiger partial charge in [-0.1, -0.05) is 49.2 Å². The first-order valence-electron chi connectivity index (χ1n) is 11.0. The Kier molecular flexibility index (Phi) is 8.75. The SMILES string of the molecule is O=S(=O)(Nc1ccccc1C=NC1CCCCC1N=Cc1ccccc1NS(=O)(=O)C(F)(F)F)C(F)(F)F. The Bertz CT molecular complexity index is 1300. The molecule has 0 aromatic heterocycles. The summed E-state index contributed by atoms with van der Waals surface area (Å²) in [4.78, 5) is 8.80. The number of hydrogen-bond donors (Lipinski definition) is 2. The second-order valence-corrected chi connectivity index (χ2v) is 11.6. The molecule has 0 aliphatic heterocycles. The summed E-state index contributed by atoms with van der Waals surface area (Å²) in [5.74, 6) is 0. The highest BCUT2D eigenvalue weighted by molar-refractivity contribution is 7.93. The zero-order valence-electron chi connectivity index (χ0n) is 19.4. The predicted molar refractivity (Wildman–Crippen MR) is 131 cm³/mol. The molecule has 208 valence electrons. The number of hydrogen-bond acceptors (Lipinski definition) is 6. The van der Waals surface area contributed by atoms with Crippen molar-refractivity contribution in [3.8, 4) is 0 Å². The fourth-order valence-electron chi connectivity index (χ4n) is 3.60. The van der Waals surface area contributed by atoms with E-state index in [1.165, 1.54) is 58.3 Å². The van der Waals surface area contributed by atoms with Crippen LogP contribution in [0.4, 0.5) is 37.7 Å². The van der Waals surface area contributed by atoms with Gasteiger partial charge in [0.2, 0.25) is 0 Å². The van der Waals surface area contributed by atoms with Crippen molar-refractivity contribution in [1.29, 1.82) is 0 Å². The van der Waals surface area contributed by atoms with Gasteiger partial charge in [-0.25, -0.2) is 0 Å². The highest BCUT2D eigenvalue weighted by Gasteiger charge is 2.47. The number of rotatable bonds is 8. The molecule has 0 amide bonds. The van der Waals surface area contributed by atoms with Crippen LogP contribution in [0.15, 0.2) is 58.5 Å². The molecule has 1 aliphatic rings. The molecule has 3 rings (SSSR count). The number of alkyl halides is 6. The minimum Gasteiger partial charge on any atom is -0.287 e. The van der Waals surface area contributed by atoms with Crippen LogP contribution in [0.3, 0.4) is 0 Å². The van der Waals surface area contributed by atoms with E-state index in [2.05, 4.69) is 9.98 Å². The lowest BCUT2D eigenvalue weighted by atomic mass is 9.91. The Labute approximate surface area is 215 Å². The molecular formula is C22H22F6N4O4S2. The largest absolute Gasteiger partial charge is 0.516 e. The molecule has 0 bridgehead atoms. The summed E-state index contributed by atoms with van der Waals surface area (Å²) < 4.78 is 126. The van der Waals surface area contributed by atoms with Crippen molar-refractivity contribution < 1.29 is 43.2 Å². The van der Waals surface area contributed by atoms with E-state index < -0.39 is 43.1 Å². The fraction of sp³-hybridized carbons (Fsp3) is 0.364. The normalized spacial score (nSPS) is 19.6. The molecule has 0 saturated heterocycles. The van der Waals surface area contributed by atoms with Crippen molar-refractivity contribution in [2.75, 3.05) is 9.44 Å². The maximum atomic E-state index is 12.8. The second-order valence-electron chi connectivity index (χ2n) is 8.25. The molecule has 2 atom stereocenters. The summed E-state index contributed by atoms with van der Waals surface area (Å²) in [5.41, 5.74) is -11.5. The lowest BCUT2D eigenvalue weighted by molar-refractivity contribution is -0.0435. The first kappa shape index (κ1) is 29.4. The van der Waals surface area contributed by atoms with Crippen molar-refractivity contribution in [2.24, 2.45) is 9.98 Å². The fourth-order valence-corrected chi connectivity index (χ4v) is 4.78. The van der Waals surface area contributed by atoms with Crippen LogP contribution in [0, 0.1) is 0 Å². The van der Waals surface area contributed by atoms with E-state index in [0.29, 0.717) is 12.8 Å². The average Bonchev–Trinajstić information content (AvgIpc) is 2.81. The quantitative estimate of drug-likeness (QED) is 0.333. The highest BCUT2D eigenvalue weighted by Crippen LogP contribution is 2.29. The molecular weight excluding hydrogens is 562 g/mol. The molecule has 0 heterocycles. The van der Waals surface area contributed by atoms with Crippen molar-refractivity contribution in [1.82, 2.24) is 0 Å². The molecule has 0 spiro atoms. The van der Waals surface area contributed by atoms with Crippen LogP contribution < -0.4 is 9.44 Å². The van der Waals surface area contributed by atoms with E-state index in [0.717, 1.165) is 25.0 Å². The minimum absolute atomic E-state index is 0.0838. The molecule has 8 nitrogen and oxygen atoms in total. The molecule has 2 N–H and O–H groups in total. The predicted octanol–water partition coefficient (Wildman–Crippen LogP) is 5.06. The molecule has 16 heteroatoms. The minimum atomic E-state index is -5.65. The van der Waals surface area contributed by atoms with Gasteiger partial charge >= 0.3 is 31.1 Å². The zero-order valence-corrected chi connectivity index (χ0v) is 21.0. The monoisotopic (exact) mass is 584 g/mol. The van der Waals surface area contributed by atoms with Gasteiger partial charge in [-0.3, -0.25) is 19.4 Å². The molecule has 2 aromatic rings. The summed E-state index contributed by atoms with van der Waals surface area (Å²) in [7, 11) is -11.3. The van der Waals surface area contributed by atoms with Gasteiger partial charge in [0.25, 0.3) is 0 Å². The number of para-hydroxylation sites is 2. The Morgan fingerprint density at radius 3 is 1.34 bits per heavy atom. The van der Waals surface area contributed by atoms with Gasteiger partial charge in [-0.2, -0.15) is 43.2 Å². The maximum Gasteiger partial charge on any atom is 0.516 e. The number of sulfonamides is 2. The van der Waals surface area contributed by atoms with E-state index in [1.54, 1.807) is 0 Å². The van der Waals surface area contributed by atoms with Gasteiger partial charge in [-0.05, 0) is 25.0 Å². The first-order chi connectivity index (χ1) is 17.6. The van der Waals surface area contributed by atoms with Crippen LogP contribution in [0.2, 0.25) is 0 Å². The number of aliphatic imine (C=N–C) groups is 2. The Balaban J connectivity index is 1.82. The van der Waals surface area contributed by atoms with Crippen molar-refractivity contribution in [2.45, 2.75) is 48.8 Å². The van der Waals surface area contributed by atoms with Crippen LogP contribution in [0.1, 0.15) is 36.8 Å². The summed E-state index contributed by atoms with van der Waals surface area (Å²) in [6.07, 6.45) is 5.07. The number of nitrogens with zero attached hydrogens (tertiary/aromatic N) is 2. The Hall–Kier alpha value is -3.14. The zero-order chi connectivity index (χ0) is 28.2. The van der Waals surface area contributed by atoms with E-state index in [4.69, 9.17) is 0 Å². The van der Waals surface area contributed by atoms with Crippen LogP contribution in [-0.4, -0.2) is 52.4 Å². The summed E-state index contributed by atoms with van der Waals surface area (Å²) >= 11 is 0. The standard InChI is InChI=1S/C22H22F6N4O4S2/c23-21(24,25)37(33,34)31-17-9-3-1-7-15(17)13-29-19-11-5-6-12-20(19)30-14-16-8-2-4-10-18(16)32-38(35,36)22(26,27)28/h1-4,7-10,13-14,19-20,31-32H,5-6,11-12H2. The second kappa shape index (κ2) is 11.3. The lowest BCUT2D eigenvalue weighted by Crippen LogP contribution is -2.30. The van der Waals surface area contributed by atoms with Gasteiger partial charge in [-0.15, -0.1) is 0 Å². The summed E-state index contributed by atoms with van der Waals surface area (Å²) in [6, 6.07) is 9.80. The van der Waals surface area contributed by atoms with E-state index in [-0.39, 0.29) is 22.5 Å². The van der Waals surface area contributed by atoms with E-state index in [1.807, 2.05) is 0 Å². The highest BCUT2D eigenvalue weighted by atomic mass is 32.2. The maximum absolute atomic E-state index is 12.8. The van der Waals surface area contributed by atoms with Gasteiger partial charge in [0, 0.05) is 23.6 Å². The molecule has 1 saturated carbocycles. The van der Waals surface area contributed by atoms with Crippen LogP contribution in [0.5, 0.6) is 0 Å². The molecule has 1 fully saturated rings. The topological polar surface area (TPSA) is 117 Å². The van der Waals surface area contributed by atoms with Gasteiger partial charge in [0.1, 0.15) is 0 Å². The average molecular weight is 585 g/mol. The van der Waals surface area contributed by atoms with Gasteiger partial charge in [0.05, 0.1) is 23.5 Å². The van der Waals surface area contributed by atoms with Gasteiger partial charge < -0.3 is 0 Å². The van der Waals surface area contributed by atoms with Crippen molar-refractivity contribution >= 4 is 43.9 Å². The third kappa shape index (κ3) is 7.24. The molecule has 1 aliphatic carbocycles. The number of nitrogens with one attached hydrogen (secondary N) is 2. The Morgan fingerprint density at radius 2 is 1.00 bits per heavy atom. The van der Waals surface area contributed by atoms with Crippen LogP contribution >= 0.6 is 0 Å². The van der Waals surface area contributed by atoms with E-state index in [9.17, 15) is 43.2 Å². The van der Waals surface area contributed by atoms with Crippen molar-refractivity contribution in [3.63, 3.8) is 0 Å². The number of halogens is 6. The molecule has 0 radical (unpaired) electrons. The Morgan fingerprint density at radius 1 is 0.658 bits per heavy atom. The smallest absolute Gasteiger partial charge is 0.287 e. The first-order valence-corrected chi connectivity index (χ1v) is 14.0. The summed E-state index contributed by atoms with van der Waals surface area (Å²) in [6.45, 7) is 0.